The lowest BCUT2D eigenvalue weighted by molar-refractivity contribution is -0.121. The van der Waals surface area contributed by atoms with Crippen molar-refractivity contribution in [3.05, 3.63) is 51.7 Å². The molecule has 0 radical (unpaired) electrons. The highest BCUT2D eigenvalue weighted by Crippen LogP contribution is 2.19. The van der Waals surface area contributed by atoms with Crippen LogP contribution < -0.4 is 10.6 Å². The van der Waals surface area contributed by atoms with Crippen molar-refractivity contribution < 1.29 is 14.0 Å². The van der Waals surface area contributed by atoms with Gasteiger partial charge in [-0.3, -0.25) is 9.59 Å². The standard InChI is InChI=1S/C21H25FN4O2S/c22-16-8-4-9-17(14-16)24-20(28)21-26-25-19(29-21)11-5-10-18(27)23-13-12-15-6-2-1-3-7-15/h4,6,8-9,14H,1-3,5,7,10-13H2,(H,23,27)(H,24,28). The minimum atomic E-state index is -0.422. The number of carbonyl (C=O) groups excluding carboxylic acids is 2. The zero-order valence-corrected chi connectivity index (χ0v) is 17.1. The van der Waals surface area contributed by atoms with Gasteiger partial charge in [0.25, 0.3) is 5.91 Å². The molecule has 29 heavy (non-hydrogen) atoms. The molecule has 1 aliphatic carbocycles. The second-order valence-electron chi connectivity index (χ2n) is 7.03. The highest BCUT2D eigenvalue weighted by atomic mass is 32.1. The summed E-state index contributed by atoms with van der Waals surface area (Å²) >= 11 is 1.19. The van der Waals surface area contributed by atoms with E-state index >= 15 is 0 Å². The van der Waals surface area contributed by atoms with E-state index in [1.807, 2.05) is 0 Å². The lowest BCUT2D eigenvalue weighted by Gasteiger charge is -2.12. The van der Waals surface area contributed by atoms with Gasteiger partial charge in [0.05, 0.1) is 0 Å². The molecule has 2 amide bonds. The fourth-order valence-electron chi connectivity index (χ4n) is 3.18. The number of amides is 2. The van der Waals surface area contributed by atoms with E-state index in [9.17, 15) is 14.0 Å². The SMILES string of the molecule is O=C(CCCc1nnc(C(=O)Nc2cccc(F)c2)s1)NCCC1=CCCCC1. The summed E-state index contributed by atoms with van der Waals surface area (Å²) in [7, 11) is 0. The molecule has 0 spiro atoms. The Balaban J connectivity index is 1.36. The summed E-state index contributed by atoms with van der Waals surface area (Å²) in [4.78, 5) is 24.1. The van der Waals surface area contributed by atoms with Gasteiger partial charge in [-0.25, -0.2) is 4.39 Å². The molecule has 1 heterocycles. The largest absolute Gasteiger partial charge is 0.356 e. The van der Waals surface area contributed by atoms with Crippen LogP contribution in [-0.2, 0) is 11.2 Å². The molecule has 2 aromatic rings. The molecule has 0 saturated carbocycles. The Morgan fingerprint density at radius 3 is 2.86 bits per heavy atom. The minimum absolute atomic E-state index is 0.0370. The number of aryl methyl sites for hydroxylation is 1. The molecular formula is C21H25FN4O2S. The third kappa shape index (κ3) is 7.05. The van der Waals surface area contributed by atoms with E-state index < -0.39 is 11.7 Å². The summed E-state index contributed by atoms with van der Waals surface area (Å²) in [5.74, 6) is -0.807. The minimum Gasteiger partial charge on any atom is -0.356 e. The number of carbonyl (C=O) groups is 2. The van der Waals surface area contributed by atoms with Crippen LogP contribution in [-0.4, -0.2) is 28.6 Å². The van der Waals surface area contributed by atoms with Gasteiger partial charge < -0.3 is 10.6 Å². The Kier molecular flexibility index (Phi) is 7.86. The number of allylic oxidation sites excluding steroid dienone is 1. The Morgan fingerprint density at radius 1 is 1.17 bits per heavy atom. The maximum atomic E-state index is 13.2. The zero-order valence-electron chi connectivity index (χ0n) is 16.2. The van der Waals surface area contributed by atoms with E-state index in [1.54, 1.807) is 6.07 Å². The summed E-state index contributed by atoms with van der Waals surface area (Å²) < 4.78 is 13.2. The van der Waals surface area contributed by atoms with E-state index in [0.29, 0.717) is 36.5 Å². The Labute approximate surface area is 173 Å². The predicted molar refractivity (Wildman–Crippen MR) is 111 cm³/mol. The second-order valence-corrected chi connectivity index (χ2v) is 8.09. The van der Waals surface area contributed by atoms with Crippen molar-refractivity contribution in [2.45, 2.75) is 51.4 Å². The number of hydrogen-bond donors (Lipinski definition) is 2. The summed E-state index contributed by atoms with van der Waals surface area (Å²) in [5, 5.41) is 14.4. The fourth-order valence-corrected chi connectivity index (χ4v) is 3.96. The lowest BCUT2D eigenvalue weighted by atomic mass is 9.97. The lowest BCUT2D eigenvalue weighted by Crippen LogP contribution is -2.24. The molecule has 0 saturated heterocycles. The van der Waals surface area contributed by atoms with E-state index in [1.165, 1.54) is 48.0 Å². The number of halogens is 1. The van der Waals surface area contributed by atoms with Crippen LogP contribution in [0.5, 0.6) is 0 Å². The maximum Gasteiger partial charge on any atom is 0.286 e. The molecule has 1 aliphatic rings. The summed E-state index contributed by atoms with van der Waals surface area (Å²) in [6, 6.07) is 5.67. The van der Waals surface area contributed by atoms with E-state index in [0.717, 1.165) is 19.3 Å². The summed E-state index contributed by atoms with van der Waals surface area (Å²) in [6.45, 7) is 0.688. The predicted octanol–water partition coefficient (Wildman–Crippen LogP) is 4.26. The smallest absolute Gasteiger partial charge is 0.286 e. The molecule has 3 rings (SSSR count). The van der Waals surface area contributed by atoms with Crippen molar-refractivity contribution in [2.24, 2.45) is 0 Å². The Bertz CT molecular complexity index is 881. The van der Waals surface area contributed by atoms with E-state index in [-0.39, 0.29) is 10.9 Å². The van der Waals surface area contributed by atoms with E-state index in [2.05, 4.69) is 26.9 Å². The third-order valence-corrected chi connectivity index (χ3v) is 5.67. The molecule has 2 N–H and O–H groups in total. The highest BCUT2D eigenvalue weighted by Gasteiger charge is 2.14. The molecule has 0 aliphatic heterocycles. The van der Waals surface area contributed by atoms with Crippen LogP contribution in [0.3, 0.4) is 0 Å². The van der Waals surface area contributed by atoms with Crippen LogP contribution in [0.2, 0.25) is 0 Å². The molecule has 0 fully saturated rings. The Morgan fingerprint density at radius 2 is 2.07 bits per heavy atom. The molecular weight excluding hydrogens is 391 g/mol. The van der Waals surface area contributed by atoms with Crippen LogP contribution >= 0.6 is 11.3 Å². The molecule has 1 aromatic heterocycles. The number of rotatable bonds is 9. The van der Waals surface area contributed by atoms with E-state index in [4.69, 9.17) is 0 Å². The molecule has 1 aromatic carbocycles. The molecule has 0 bridgehead atoms. The van der Waals surface area contributed by atoms with Crippen molar-refractivity contribution in [3.63, 3.8) is 0 Å². The monoisotopic (exact) mass is 416 g/mol. The first-order valence-electron chi connectivity index (χ1n) is 9.94. The van der Waals surface area contributed by atoms with Crippen LogP contribution in [0.4, 0.5) is 10.1 Å². The Hall–Kier alpha value is -2.61. The summed E-state index contributed by atoms with van der Waals surface area (Å²) in [6.07, 6.45) is 9.73. The van der Waals surface area contributed by atoms with Crippen molar-refractivity contribution in [1.82, 2.24) is 15.5 Å². The molecule has 8 heteroatoms. The fraction of sp³-hybridized carbons (Fsp3) is 0.429. The van der Waals surface area contributed by atoms with Gasteiger partial charge in [0, 0.05) is 25.1 Å². The first-order valence-corrected chi connectivity index (χ1v) is 10.8. The average molecular weight is 417 g/mol. The topological polar surface area (TPSA) is 84.0 Å². The van der Waals surface area contributed by atoms with Gasteiger partial charge in [-0.15, -0.1) is 10.2 Å². The molecule has 0 unspecified atom stereocenters. The van der Waals surface area contributed by atoms with Gasteiger partial charge in [0.15, 0.2) is 0 Å². The first kappa shape index (κ1) is 21.1. The number of benzene rings is 1. The number of hydrogen-bond acceptors (Lipinski definition) is 5. The van der Waals surface area contributed by atoms with Gasteiger partial charge >= 0.3 is 0 Å². The van der Waals surface area contributed by atoms with Gasteiger partial charge in [0.1, 0.15) is 10.8 Å². The molecule has 0 atom stereocenters. The number of aromatic nitrogens is 2. The highest BCUT2D eigenvalue weighted by molar-refractivity contribution is 7.13. The number of nitrogens with one attached hydrogen (secondary N) is 2. The zero-order chi connectivity index (χ0) is 20.5. The summed E-state index contributed by atoms with van der Waals surface area (Å²) in [5.41, 5.74) is 1.82. The van der Waals surface area contributed by atoms with Crippen LogP contribution in [0, 0.1) is 5.82 Å². The van der Waals surface area contributed by atoms with Crippen molar-refractivity contribution in [2.75, 3.05) is 11.9 Å². The van der Waals surface area contributed by atoms with Gasteiger partial charge in [-0.1, -0.05) is 29.1 Å². The average Bonchev–Trinajstić information content (AvgIpc) is 3.18. The van der Waals surface area contributed by atoms with Crippen molar-refractivity contribution in [3.8, 4) is 0 Å². The van der Waals surface area contributed by atoms with Gasteiger partial charge in [0.2, 0.25) is 10.9 Å². The number of anilines is 1. The molecule has 154 valence electrons. The normalized spacial score (nSPS) is 13.6. The molecule has 6 nitrogen and oxygen atoms in total. The van der Waals surface area contributed by atoms with Crippen LogP contribution in [0.25, 0.3) is 0 Å². The third-order valence-electron chi connectivity index (χ3n) is 4.69. The van der Waals surface area contributed by atoms with Crippen LogP contribution in [0.15, 0.2) is 35.9 Å². The second kappa shape index (κ2) is 10.8. The van der Waals surface area contributed by atoms with Gasteiger partial charge in [-0.2, -0.15) is 0 Å². The van der Waals surface area contributed by atoms with Gasteiger partial charge in [-0.05, 0) is 56.7 Å². The number of nitrogens with zero attached hydrogens (tertiary/aromatic N) is 2. The maximum absolute atomic E-state index is 13.2. The first-order chi connectivity index (χ1) is 14.1. The van der Waals surface area contributed by atoms with Crippen LogP contribution in [0.1, 0.15) is 59.8 Å². The quantitative estimate of drug-likeness (QED) is 0.598. The van der Waals surface area contributed by atoms with Crippen molar-refractivity contribution in [1.29, 1.82) is 0 Å². The van der Waals surface area contributed by atoms with Crippen molar-refractivity contribution >= 4 is 28.8 Å².